The lowest BCUT2D eigenvalue weighted by Crippen LogP contribution is -2.48. The van der Waals surface area contributed by atoms with Gasteiger partial charge in [0, 0.05) is 24.2 Å². The Kier molecular flexibility index (Phi) is 10.6. The first-order valence-corrected chi connectivity index (χ1v) is 20.3. The third-order valence-corrected chi connectivity index (χ3v) is 13.9. The SMILES string of the molecule is COC(=O)[C@@H]1CCCN1NC(=O)c1ccccc1[C@@H]1n2c(=O)c3ccccc3c(=O)n2[C@@H](c2ccccc2C(=O)NN2CCC[C@H]2C(=O)OC)P1c1ccccc1. The number of fused-ring (bicyclic) bond motifs is 2. The van der Waals surface area contributed by atoms with Gasteiger partial charge in [0.1, 0.15) is 23.6 Å². The molecule has 2 fully saturated rings. The van der Waals surface area contributed by atoms with Crippen molar-refractivity contribution in [1.82, 2.24) is 30.2 Å². The van der Waals surface area contributed by atoms with Gasteiger partial charge >= 0.3 is 11.9 Å². The monoisotopic (exact) mass is 788 g/mol. The number of nitrogens with zero attached hydrogens (tertiary/aromatic N) is 4. The van der Waals surface area contributed by atoms with Crippen LogP contribution in [0.1, 0.15) is 69.1 Å². The van der Waals surface area contributed by atoms with Crippen molar-refractivity contribution in [2.75, 3.05) is 27.3 Å². The lowest BCUT2D eigenvalue weighted by molar-refractivity contribution is -0.147. The van der Waals surface area contributed by atoms with Crippen LogP contribution in [0, 0.1) is 0 Å². The van der Waals surface area contributed by atoms with E-state index in [9.17, 15) is 28.8 Å². The molecule has 4 heterocycles. The molecule has 0 aliphatic carbocycles. The molecule has 57 heavy (non-hydrogen) atoms. The first kappa shape index (κ1) is 37.9. The number of esters is 2. The molecular formula is C42H41N6O8P. The van der Waals surface area contributed by atoms with Crippen LogP contribution in [0.2, 0.25) is 0 Å². The van der Waals surface area contributed by atoms with Gasteiger partial charge in [-0.3, -0.25) is 39.6 Å². The Hall–Kier alpha value is -5.95. The maximum Gasteiger partial charge on any atom is 0.324 e. The second-order valence-electron chi connectivity index (χ2n) is 14.1. The molecule has 0 bridgehead atoms. The molecule has 4 atom stereocenters. The molecule has 3 aliphatic rings. The number of nitrogens with one attached hydrogen (secondary N) is 2. The number of carbonyl (C=O) groups excluding carboxylic acids is 4. The average molecular weight is 789 g/mol. The van der Waals surface area contributed by atoms with Crippen molar-refractivity contribution >= 4 is 47.8 Å². The van der Waals surface area contributed by atoms with Crippen molar-refractivity contribution < 1.29 is 28.7 Å². The van der Waals surface area contributed by atoms with Crippen molar-refractivity contribution in [3.63, 3.8) is 0 Å². The van der Waals surface area contributed by atoms with Crippen molar-refractivity contribution in [2.45, 2.75) is 49.3 Å². The predicted octanol–water partition coefficient (Wildman–Crippen LogP) is 3.64. The van der Waals surface area contributed by atoms with Gasteiger partial charge in [0.2, 0.25) is 0 Å². The molecule has 0 saturated carbocycles. The number of hydrogen-bond donors (Lipinski definition) is 2. The zero-order valence-corrected chi connectivity index (χ0v) is 32.3. The summed E-state index contributed by atoms with van der Waals surface area (Å²) in [4.78, 5) is 83.8. The molecule has 292 valence electrons. The van der Waals surface area contributed by atoms with Gasteiger partial charge in [-0.2, -0.15) is 0 Å². The molecule has 14 nitrogen and oxygen atoms in total. The summed E-state index contributed by atoms with van der Waals surface area (Å²) in [6.45, 7) is 0.881. The highest BCUT2D eigenvalue weighted by atomic mass is 31.1. The van der Waals surface area contributed by atoms with E-state index in [2.05, 4.69) is 10.9 Å². The van der Waals surface area contributed by atoms with Crippen LogP contribution in [0.25, 0.3) is 10.8 Å². The largest absolute Gasteiger partial charge is 0.468 e. The van der Waals surface area contributed by atoms with Crippen LogP contribution in [0.3, 0.4) is 0 Å². The van der Waals surface area contributed by atoms with E-state index in [1.54, 1.807) is 82.8 Å². The highest BCUT2D eigenvalue weighted by Crippen LogP contribution is 2.65. The topological polar surface area (TPSA) is 161 Å². The summed E-state index contributed by atoms with van der Waals surface area (Å²) < 4.78 is 12.9. The van der Waals surface area contributed by atoms with Gasteiger partial charge < -0.3 is 9.47 Å². The van der Waals surface area contributed by atoms with Gasteiger partial charge in [-0.15, -0.1) is 0 Å². The maximum atomic E-state index is 14.9. The number of aromatic nitrogens is 2. The Balaban J connectivity index is 1.32. The number of hydrazine groups is 2. The molecule has 0 radical (unpaired) electrons. The van der Waals surface area contributed by atoms with Crippen molar-refractivity contribution in [1.29, 1.82) is 0 Å². The Morgan fingerprint density at radius 1 is 0.579 bits per heavy atom. The van der Waals surface area contributed by atoms with Crippen molar-refractivity contribution in [3.05, 3.63) is 146 Å². The fourth-order valence-electron chi connectivity index (χ4n) is 8.37. The van der Waals surface area contributed by atoms with E-state index in [1.807, 2.05) is 30.3 Å². The van der Waals surface area contributed by atoms with Crippen LogP contribution < -0.4 is 27.3 Å². The number of methoxy groups -OCH3 is 2. The number of rotatable bonds is 9. The molecule has 2 saturated heterocycles. The van der Waals surface area contributed by atoms with Crippen LogP contribution in [0.4, 0.5) is 0 Å². The smallest absolute Gasteiger partial charge is 0.324 e. The standard InChI is InChI=1S/C42H41N6O8P/c1-55-41(53)33-22-12-24-45(33)43-35(49)27-16-6-10-20-31(27)39-47-37(51)29-18-8-9-19-30(29)38(52)48(47)40(57(39)26-14-4-3-5-15-26)32-21-11-7-17-28(32)36(50)44-46-25-13-23-34(46)42(54)56-2/h3-11,14-21,33-34,39-40H,12-13,22-25H2,1-2H3,(H,43,49)(H,44,50)/t33-,34-,39+,40+/m0/s1. The Morgan fingerprint density at radius 3 is 1.42 bits per heavy atom. The molecular weight excluding hydrogens is 747 g/mol. The van der Waals surface area contributed by atoms with Crippen LogP contribution in [0.5, 0.6) is 0 Å². The van der Waals surface area contributed by atoms with Crippen molar-refractivity contribution in [2.24, 2.45) is 0 Å². The summed E-state index contributed by atoms with van der Waals surface area (Å²) in [5, 5.41) is 4.44. The molecule has 4 aromatic carbocycles. The second-order valence-corrected chi connectivity index (χ2v) is 16.4. The van der Waals surface area contributed by atoms with E-state index in [4.69, 9.17) is 9.47 Å². The predicted molar refractivity (Wildman–Crippen MR) is 213 cm³/mol. The molecule has 2 amide bonds. The highest BCUT2D eigenvalue weighted by Gasteiger charge is 2.47. The van der Waals surface area contributed by atoms with Gasteiger partial charge in [0.25, 0.3) is 22.9 Å². The Morgan fingerprint density at radius 2 is 0.982 bits per heavy atom. The van der Waals surface area contributed by atoms with Crippen molar-refractivity contribution in [3.8, 4) is 0 Å². The first-order chi connectivity index (χ1) is 27.7. The van der Waals surface area contributed by atoms with E-state index >= 15 is 0 Å². The Labute approximate surface area is 328 Å². The quantitative estimate of drug-likeness (QED) is 0.167. The summed E-state index contributed by atoms with van der Waals surface area (Å²) >= 11 is 0. The van der Waals surface area contributed by atoms with E-state index in [-0.39, 0.29) is 21.9 Å². The molecule has 0 unspecified atom stereocenters. The molecule has 3 aliphatic heterocycles. The fraction of sp³-hybridized carbons (Fsp3) is 0.286. The lowest BCUT2D eigenvalue weighted by atomic mass is 10.1. The highest BCUT2D eigenvalue weighted by molar-refractivity contribution is 7.66. The number of benzene rings is 4. The molecule has 1 aromatic heterocycles. The van der Waals surface area contributed by atoms with Crippen LogP contribution in [-0.2, 0) is 19.1 Å². The summed E-state index contributed by atoms with van der Waals surface area (Å²) in [6, 6.07) is 28.8. The zero-order chi connectivity index (χ0) is 39.8. The lowest BCUT2D eigenvalue weighted by Gasteiger charge is -2.29. The summed E-state index contributed by atoms with van der Waals surface area (Å²) in [5.74, 6) is -3.61. The first-order valence-electron chi connectivity index (χ1n) is 18.8. The van der Waals surface area contributed by atoms with Gasteiger partial charge in [0.15, 0.2) is 0 Å². The summed E-state index contributed by atoms with van der Waals surface area (Å²) in [7, 11) is 0.917. The molecule has 8 rings (SSSR count). The van der Waals surface area contributed by atoms with E-state index in [0.29, 0.717) is 49.9 Å². The van der Waals surface area contributed by atoms with Crippen LogP contribution in [-0.4, -0.2) is 82.5 Å². The summed E-state index contributed by atoms with van der Waals surface area (Å²) in [5.41, 5.74) is 6.50. The van der Waals surface area contributed by atoms with Crippen LogP contribution in [0.15, 0.2) is 113 Å². The van der Waals surface area contributed by atoms with Gasteiger partial charge in [-0.25, -0.2) is 19.4 Å². The average Bonchev–Trinajstić information content (AvgIpc) is 4.00. The normalized spacial score (nSPS) is 20.9. The third kappa shape index (κ3) is 6.73. The molecule has 5 aromatic rings. The Bertz CT molecular complexity index is 2350. The van der Waals surface area contributed by atoms with Gasteiger partial charge in [0.05, 0.1) is 25.0 Å². The maximum absolute atomic E-state index is 14.9. The fourth-order valence-corrected chi connectivity index (χ4v) is 11.7. The molecule has 15 heteroatoms. The minimum absolute atomic E-state index is 0.223. The summed E-state index contributed by atoms with van der Waals surface area (Å²) in [6.07, 6.45) is 2.40. The zero-order valence-electron chi connectivity index (χ0n) is 31.4. The number of ether oxygens (including phenoxy) is 2. The van der Waals surface area contributed by atoms with Gasteiger partial charge in [-0.1, -0.05) is 78.9 Å². The number of amides is 2. The minimum atomic E-state index is -1.71. The van der Waals surface area contributed by atoms with Crippen LogP contribution >= 0.6 is 7.92 Å². The molecule has 2 N–H and O–H groups in total. The molecule has 0 spiro atoms. The van der Waals surface area contributed by atoms with E-state index in [1.165, 1.54) is 23.6 Å². The number of hydrogen-bond acceptors (Lipinski definition) is 10. The van der Waals surface area contributed by atoms with E-state index < -0.39 is 66.4 Å². The number of carbonyl (C=O) groups is 4. The second kappa shape index (κ2) is 15.9. The van der Waals surface area contributed by atoms with E-state index in [0.717, 1.165) is 5.30 Å². The minimum Gasteiger partial charge on any atom is -0.468 e. The third-order valence-electron chi connectivity index (χ3n) is 11.0. The van der Waals surface area contributed by atoms with Gasteiger partial charge in [-0.05, 0) is 74.3 Å².